The number of hydrogen-bond donors (Lipinski definition) is 0. The van der Waals surface area contributed by atoms with Crippen LogP contribution in [0, 0.1) is 19.5 Å². The molecule has 1 aliphatic rings. The Morgan fingerprint density at radius 2 is 1.79 bits per heavy atom. The summed E-state index contributed by atoms with van der Waals surface area (Å²) < 4.78 is 21.9. The van der Waals surface area contributed by atoms with Gasteiger partial charge in [-0.3, -0.25) is 19.8 Å². The minimum Gasteiger partial charge on any atom is -0.454 e. The van der Waals surface area contributed by atoms with E-state index in [1.54, 1.807) is 24.3 Å². The number of carbonyl (C=O) groups is 1. The molecule has 3 aromatic carbocycles. The predicted octanol–water partition coefficient (Wildman–Crippen LogP) is 6.19. The van der Waals surface area contributed by atoms with Gasteiger partial charge in [-0.2, -0.15) is 0 Å². The van der Waals surface area contributed by atoms with Crippen molar-refractivity contribution in [3.05, 3.63) is 84.1 Å². The fraction of sp³-hybridized carbons (Fsp3) is 0. The van der Waals surface area contributed by atoms with Gasteiger partial charge in [0.15, 0.2) is 5.75 Å². The molecule has 0 bridgehead atoms. The molecule has 0 aliphatic carbocycles. The Balaban J connectivity index is 2.00. The highest BCUT2D eigenvalue weighted by atomic mass is 127. The minimum atomic E-state index is -0.594. The van der Waals surface area contributed by atoms with Crippen molar-refractivity contribution in [1.29, 1.82) is 0 Å². The molecule has 0 saturated heterocycles. The van der Waals surface area contributed by atoms with Crippen molar-refractivity contribution in [3.8, 4) is 11.5 Å². The number of nitrogens with zero attached hydrogens (tertiary/aromatic N) is 2. The number of nitro benzene ring substituents is 1. The molecule has 4 rings (SSSR count). The summed E-state index contributed by atoms with van der Waals surface area (Å²) in [5.74, 6) is -0.794. The van der Waals surface area contributed by atoms with Gasteiger partial charge in [0.05, 0.1) is 27.9 Å². The Labute approximate surface area is 180 Å². The summed E-state index contributed by atoms with van der Waals surface area (Å²) in [6.45, 7) is 0. The van der Waals surface area contributed by atoms with E-state index in [1.165, 1.54) is 35.2 Å². The topological polar surface area (TPSA) is 72.7 Å². The monoisotopic (exact) mass is 554 g/mol. The van der Waals surface area contributed by atoms with Crippen LogP contribution >= 0.6 is 38.5 Å². The molecule has 3 aromatic rings. The number of benzene rings is 3. The van der Waals surface area contributed by atoms with E-state index in [0.717, 1.165) is 0 Å². The van der Waals surface area contributed by atoms with E-state index in [0.29, 0.717) is 8.04 Å². The van der Waals surface area contributed by atoms with Gasteiger partial charge >= 0.3 is 0 Å². The Hall–Kier alpha value is -2.53. The Morgan fingerprint density at radius 3 is 2.50 bits per heavy atom. The first-order valence-electron chi connectivity index (χ1n) is 7.90. The van der Waals surface area contributed by atoms with E-state index in [2.05, 4.69) is 15.9 Å². The number of fused-ring (bicyclic) bond motifs is 2. The van der Waals surface area contributed by atoms with Crippen LogP contribution < -0.4 is 9.64 Å². The second-order valence-electron chi connectivity index (χ2n) is 5.89. The largest absolute Gasteiger partial charge is 0.454 e. The quantitative estimate of drug-likeness (QED) is 0.215. The molecular weight excluding hydrogens is 546 g/mol. The summed E-state index contributed by atoms with van der Waals surface area (Å²) in [6.07, 6.45) is 0. The third-order valence-corrected chi connectivity index (χ3v) is 5.31. The third kappa shape index (κ3) is 3.24. The lowest BCUT2D eigenvalue weighted by Crippen LogP contribution is -2.26. The van der Waals surface area contributed by atoms with Crippen molar-refractivity contribution in [1.82, 2.24) is 0 Å². The lowest BCUT2D eigenvalue weighted by Gasteiger charge is -2.22. The zero-order valence-corrected chi connectivity index (χ0v) is 17.6. The molecule has 0 unspecified atom stereocenters. The molecular formula is C19H9BrFIN2O4. The molecule has 0 fully saturated rings. The van der Waals surface area contributed by atoms with Crippen LogP contribution in [0.5, 0.6) is 11.5 Å². The molecule has 1 heterocycles. The number of amides is 1. The first-order valence-corrected chi connectivity index (χ1v) is 9.77. The maximum absolute atomic E-state index is 14.7. The lowest BCUT2D eigenvalue weighted by molar-refractivity contribution is -0.384. The fourth-order valence-corrected chi connectivity index (χ4v) is 3.71. The van der Waals surface area contributed by atoms with E-state index in [1.807, 2.05) is 22.6 Å². The SMILES string of the molecule is O=C1c2cc(Br)ccc2Oc2cc([N+](=O)[O-])ccc2N1c1ccc(I)cc1F. The number of ether oxygens (including phenoxy) is 1. The van der Waals surface area contributed by atoms with Gasteiger partial charge in [-0.05, 0) is 65.1 Å². The Morgan fingerprint density at radius 1 is 1.04 bits per heavy atom. The maximum Gasteiger partial charge on any atom is 0.273 e. The van der Waals surface area contributed by atoms with Gasteiger partial charge in [0.2, 0.25) is 0 Å². The summed E-state index contributed by atoms with van der Waals surface area (Å²) in [7, 11) is 0. The molecule has 0 N–H and O–H groups in total. The van der Waals surface area contributed by atoms with Crippen molar-refractivity contribution in [2.75, 3.05) is 4.90 Å². The number of anilines is 2. The normalized spacial score (nSPS) is 12.7. The number of carbonyl (C=O) groups excluding carboxylic acids is 1. The maximum atomic E-state index is 14.7. The van der Waals surface area contributed by atoms with Gasteiger partial charge in [-0.1, -0.05) is 15.9 Å². The summed E-state index contributed by atoms with van der Waals surface area (Å²) in [4.78, 5) is 25.1. The van der Waals surface area contributed by atoms with Gasteiger partial charge in [0.25, 0.3) is 11.6 Å². The molecule has 0 spiro atoms. The van der Waals surface area contributed by atoms with E-state index >= 15 is 0 Å². The molecule has 0 atom stereocenters. The van der Waals surface area contributed by atoms with Crippen LogP contribution in [0.4, 0.5) is 21.5 Å². The molecule has 140 valence electrons. The average molecular weight is 555 g/mol. The van der Waals surface area contributed by atoms with Crippen LogP contribution in [0.2, 0.25) is 0 Å². The molecule has 28 heavy (non-hydrogen) atoms. The Bertz CT molecular complexity index is 1150. The number of halogens is 3. The van der Waals surface area contributed by atoms with E-state index in [4.69, 9.17) is 4.74 Å². The second kappa shape index (κ2) is 7.13. The van der Waals surface area contributed by atoms with Crippen molar-refractivity contribution in [3.63, 3.8) is 0 Å². The summed E-state index contributed by atoms with van der Waals surface area (Å²) >= 11 is 5.29. The zero-order valence-electron chi connectivity index (χ0n) is 13.9. The molecule has 1 amide bonds. The highest BCUT2D eigenvalue weighted by Crippen LogP contribution is 2.45. The van der Waals surface area contributed by atoms with Crippen LogP contribution in [0.3, 0.4) is 0 Å². The smallest absolute Gasteiger partial charge is 0.273 e. The van der Waals surface area contributed by atoms with Crippen molar-refractivity contribution < 1.29 is 18.8 Å². The van der Waals surface area contributed by atoms with E-state index in [9.17, 15) is 19.3 Å². The predicted molar refractivity (Wildman–Crippen MR) is 113 cm³/mol. The molecule has 0 aromatic heterocycles. The molecule has 0 radical (unpaired) electrons. The molecule has 0 saturated carbocycles. The third-order valence-electron chi connectivity index (χ3n) is 4.14. The molecule has 9 heteroatoms. The molecule has 6 nitrogen and oxygen atoms in total. The van der Waals surface area contributed by atoms with E-state index < -0.39 is 16.6 Å². The fourth-order valence-electron chi connectivity index (χ4n) is 2.89. The number of rotatable bonds is 2. The summed E-state index contributed by atoms with van der Waals surface area (Å²) in [5, 5.41) is 11.2. The van der Waals surface area contributed by atoms with Gasteiger partial charge in [0.1, 0.15) is 11.6 Å². The van der Waals surface area contributed by atoms with Crippen molar-refractivity contribution in [2.24, 2.45) is 0 Å². The number of nitro groups is 1. The average Bonchev–Trinajstić information content (AvgIpc) is 2.76. The van der Waals surface area contributed by atoms with E-state index in [-0.39, 0.29) is 34.1 Å². The van der Waals surface area contributed by atoms with Crippen LogP contribution in [0.25, 0.3) is 0 Å². The highest BCUT2D eigenvalue weighted by Gasteiger charge is 2.32. The number of non-ortho nitro benzene ring substituents is 1. The minimum absolute atomic E-state index is 0.0249. The standard InChI is InChI=1S/C19H9BrFIN2O4/c20-10-1-6-17-13(7-10)19(25)23(15-4-2-11(22)8-14(15)21)16-5-3-12(24(26)27)9-18(16)28-17/h1-9H. The van der Waals surface area contributed by atoms with Crippen LogP contribution in [-0.4, -0.2) is 10.8 Å². The van der Waals surface area contributed by atoms with Crippen LogP contribution in [0.1, 0.15) is 10.4 Å². The lowest BCUT2D eigenvalue weighted by atomic mass is 10.1. The molecule has 1 aliphatic heterocycles. The van der Waals surface area contributed by atoms with Crippen molar-refractivity contribution >= 4 is 61.5 Å². The van der Waals surface area contributed by atoms with Gasteiger partial charge in [-0.15, -0.1) is 0 Å². The highest BCUT2D eigenvalue weighted by molar-refractivity contribution is 14.1. The van der Waals surface area contributed by atoms with Gasteiger partial charge in [0, 0.05) is 14.1 Å². The second-order valence-corrected chi connectivity index (χ2v) is 8.05. The van der Waals surface area contributed by atoms with Gasteiger partial charge < -0.3 is 4.74 Å². The Kier molecular flexibility index (Phi) is 4.79. The summed E-state index contributed by atoms with van der Waals surface area (Å²) in [6, 6.07) is 13.1. The van der Waals surface area contributed by atoms with Crippen molar-refractivity contribution in [2.45, 2.75) is 0 Å². The van der Waals surface area contributed by atoms with Crippen LogP contribution in [-0.2, 0) is 0 Å². The first-order chi connectivity index (χ1) is 13.3. The summed E-state index contributed by atoms with van der Waals surface area (Å²) in [5.41, 5.74) is 0.237. The zero-order chi connectivity index (χ0) is 20.0. The van der Waals surface area contributed by atoms with Crippen LogP contribution in [0.15, 0.2) is 59.1 Å². The first kappa shape index (κ1) is 18.8. The number of hydrogen-bond acceptors (Lipinski definition) is 4. The van der Waals surface area contributed by atoms with Gasteiger partial charge in [-0.25, -0.2) is 4.39 Å².